The lowest BCUT2D eigenvalue weighted by molar-refractivity contribution is 1.07. The fourth-order valence-electron chi connectivity index (χ4n) is 2.03. The highest BCUT2D eigenvalue weighted by molar-refractivity contribution is 14.1. The molecule has 0 spiro atoms. The van der Waals surface area contributed by atoms with Crippen LogP contribution >= 0.6 is 34.2 Å². The zero-order valence-corrected chi connectivity index (χ0v) is 14.0. The summed E-state index contributed by atoms with van der Waals surface area (Å²) in [6.45, 7) is 0. The Balaban J connectivity index is 1.93. The third kappa shape index (κ3) is 3.36. The van der Waals surface area contributed by atoms with Gasteiger partial charge in [-0.1, -0.05) is 23.7 Å². The molecule has 1 aromatic heterocycles. The van der Waals surface area contributed by atoms with Crippen molar-refractivity contribution in [1.29, 1.82) is 0 Å². The first kappa shape index (κ1) is 14.4. The highest BCUT2D eigenvalue weighted by Gasteiger charge is 2.01. The third-order valence-corrected chi connectivity index (χ3v) is 4.24. The van der Waals surface area contributed by atoms with E-state index in [2.05, 4.69) is 32.2 Å². The van der Waals surface area contributed by atoms with Gasteiger partial charge in [0.1, 0.15) is 0 Å². The molecule has 104 valence electrons. The molecule has 3 rings (SSSR count). The zero-order chi connectivity index (χ0) is 14.7. The van der Waals surface area contributed by atoms with Crippen LogP contribution in [0, 0.1) is 3.57 Å². The monoisotopic (exact) mass is 406 g/mol. The molecule has 0 saturated heterocycles. The largest absolute Gasteiger partial charge is 0.316 e. The summed E-state index contributed by atoms with van der Waals surface area (Å²) in [6.07, 6.45) is 3.90. The number of hydrogen-bond acceptors (Lipinski definition) is 1. The summed E-state index contributed by atoms with van der Waals surface area (Å²) < 4.78 is 3.21. The van der Waals surface area contributed by atoms with Crippen LogP contribution in [-0.2, 0) is 0 Å². The molecule has 3 aromatic rings. The maximum absolute atomic E-state index is 5.94. The molecular weight excluding hydrogens is 395 g/mol. The van der Waals surface area contributed by atoms with Gasteiger partial charge in [0.15, 0.2) is 0 Å². The van der Waals surface area contributed by atoms with Crippen LogP contribution < -0.4 is 0 Å². The van der Waals surface area contributed by atoms with E-state index in [9.17, 15) is 0 Å². The van der Waals surface area contributed by atoms with Gasteiger partial charge in [-0.25, -0.2) is 0 Å². The molecule has 0 saturated carbocycles. The molecule has 0 amide bonds. The molecule has 0 aliphatic carbocycles. The number of nitrogens with zero attached hydrogens (tertiary/aromatic N) is 2. The number of hydrogen-bond donors (Lipinski definition) is 0. The lowest BCUT2D eigenvalue weighted by Gasteiger charge is -2.06. The third-order valence-electron chi connectivity index (χ3n) is 3.07. The van der Waals surface area contributed by atoms with Crippen LogP contribution in [-0.4, -0.2) is 10.8 Å². The molecule has 0 aliphatic heterocycles. The summed E-state index contributed by atoms with van der Waals surface area (Å²) in [7, 11) is 0. The average molecular weight is 407 g/mol. The Kier molecular flexibility index (Phi) is 4.41. The predicted octanol–water partition coefficient (Wildman–Crippen LogP) is 5.49. The van der Waals surface area contributed by atoms with Gasteiger partial charge >= 0.3 is 0 Å². The molecule has 0 unspecified atom stereocenters. The molecule has 1 heterocycles. The summed E-state index contributed by atoms with van der Waals surface area (Å²) in [6, 6.07) is 19.9. The van der Waals surface area contributed by atoms with Gasteiger partial charge in [0, 0.05) is 20.5 Å². The zero-order valence-electron chi connectivity index (χ0n) is 11.1. The van der Waals surface area contributed by atoms with Gasteiger partial charge in [-0.05, 0) is 71.1 Å². The summed E-state index contributed by atoms with van der Waals surface area (Å²) in [4.78, 5) is 4.57. The molecule has 0 atom stereocenters. The van der Waals surface area contributed by atoms with Crippen molar-refractivity contribution >= 4 is 46.1 Å². The fourth-order valence-corrected chi connectivity index (χ4v) is 2.68. The van der Waals surface area contributed by atoms with Crippen molar-refractivity contribution in [1.82, 2.24) is 4.57 Å². The van der Waals surface area contributed by atoms with Gasteiger partial charge in [-0.15, -0.1) is 0 Å². The van der Waals surface area contributed by atoms with Crippen molar-refractivity contribution < 1.29 is 0 Å². The van der Waals surface area contributed by atoms with Crippen LogP contribution in [0.25, 0.3) is 5.69 Å². The number of rotatable bonds is 3. The van der Waals surface area contributed by atoms with Gasteiger partial charge in [-0.3, -0.25) is 4.99 Å². The number of aliphatic imine (C=N–C) groups is 1. The van der Waals surface area contributed by atoms with Crippen LogP contribution in [0.2, 0.25) is 5.02 Å². The smallest absolute Gasteiger partial charge is 0.0763 e. The van der Waals surface area contributed by atoms with E-state index in [0.717, 1.165) is 25.7 Å². The molecular formula is C17H12ClIN2. The van der Waals surface area contributed by atoms with E-state index >= 15 is 0 Å². The van der Waals surface area contributed by atoms with Crippen molar-refractivity contribution in [2.45, 2.75) is 0 Å². The summed E-state index contributed by atoms with van der Waals surface area (Å²) in [5.41, 5.74) is 3.06. The molecule has 21 heavy (non-hydrogen) atoms. The highest BCUT2D eigenvalue weighted by Crippen LogP contribution is 2.21. The van der Waals surface area contributed by atoms with E-state index in [1.165, 1.54) is 0 Å². The Morgan fingerprint density at radius 1 is 0.952 bits per heavy atom. The lowest BCUT2D eigenvalue weighted by Crippen LogP contribution is -1.97. The lowest BCUT2D eigenvalue weighted by atomic mass is 10.3. The first-order valence-corrected chi connectivity index (χ1v) is 7.91. The van der Waals surface area contributed by atoms with Crippen molar-refractivity contribution in [3.05, 3.63) is 81.1 Å². The number of halogens is 2. The topological polar surface area (TPSA) is 17.3 Å². The second kappa shape index (κ2) is 6.45. The molecule has 0 N–H and O–H groups in total. The first-order chi connectivity index (χ1) is 10.2. The van der Waals surface area contributed by atoms with E-state index in [0.29, 0.717) is 0 Å². The quantitative estimate of drug-likeness (QED) is 0.404. The van der Waals surface area contributed by atoms with Gasteiger partial charge in [-0.2, -0.15) is 0 Å². The average Bonchev–Trinajstić information content (AvgIpc) is 2.96. The Morgan fingerprint density at radius 2 is 1.71 bits per heavy atom. The standard InChI is InChI=1S/C17H12ClIN2/c18-13-7-9-14(10-8-13)21-11-3-4-15(21)12-20-17-6-2-1-5-16(17)19/h1-12H. The van der Waals surface area contributed by atoms with Gasteiger partial charge < -0.3 is 4.57 Å². The van der Waals surface area contributed by atoms with Crippen molar-refractivity contribution in [2.24, 2.45) is 4.99 Å². The minimum atomic E-state index is 0.736. The van der Waals surface area contributed by atoms with Crippen molar-refractivity contribution in [3.8, 4) is 5.69 Å². The first-order valence-electron chi connectivity index (χ1n) is 6.46. The van der Waals surface area contributed by atoms with Gasteiger partial charge in [0.2, 0.25) is 0 Å². The summed E-state index contributed by atoms with van der Waals surface area (Å²) in [5.74, 6) is 0. The van der Waals surface area contributed by atoms with Crippen LogP contribution in [0.3, 0.4) is 0 Å². The van der Waals surface area contributed by atoms with Crippen molar-refractivity contribution in [3.63, 3.8) is 0 Å². The van der Waals surface area contributed by atoms with E-state index in [4.69, 9.17) is 11.6 Å². The normalized spacial score (nSPS) is 11.1. The van der Waals surface area contributed by atoms with E-state index in [1.807, 2.05) is 73.1 Å². The maximum atomic E-state index is 5.94. The van der Waals surface area contributed by atoms with Crippen molar-refractivity contribution in [2.75, 3.05) is 0 Å². The highest BCUT2D eigenvalue weighted by atomic mass is 127. The molecule has 0 bridgehead atoms. The predicted molar refractivity (Wildman–Crippen MR) is 97.2 cm³/mol. The maximum Gasteiger partial charge on any atom is 0.0763 e. The Bertz CT molecular complexity index is 775. The van der Waals surface area contributed by atoms with E-state index in [-0.39, 0.29) is 0 Å². The van der Waals surface area contributed by atoms with Crippen LogP contribution in [0.15, 0.2) is 71.9 Å². The second-order valence-corrected chi connectivity index (χ2v) is 6.09. The number of aromatic nitrogens is 1. The molecule has 2 nitrogen and oxygen atoms in total. The minimum absolute atomic E-state index is 0.736. The molecule has 0 radical (unpaired) electrons. The van der Waals surface area contributed by atoms with E-state index in [1.54, 1.807) is 0 Å². The number of benzene rings is 2. The second-order valence-electron chi connectivity index (χ2n) is 4.49. The van der Waals surface area contributed by atoms with Gasteiger partial charge in [0.25, 0.3) is 0 Å². The Labute approximate surface area is 142 Å². The Hall–Kier alpha value is -1.59. The minimum Gasteiger partial charge on any atom is -0.316 e. The van der Waals surface area contributed by atoms with E-state index < -0.39 is 0 Å². The molecule has 0 fully saturated rings. The molecule has 0 aliphatic rings. The Morgan fingerprint density at radius 3 is 2.48 bits per heavy atom. The number of para-hydroxylation sites is 1. The molecule has 2 aromatic carbocycles. The van der Waals surface area contributed by atoms with Crippen LogP contribution in [0.4, 0.5) is 5.69 Å². The summed E-state index contributed by atoms with van der Waals surface area (Å²) in [5, 5.41) is 0.736. The van der Waals surface area contributed by atoms with Crippen LogP contribution in [0.1, 0.15) is 5.69 Å². The van der Waals surface area contributed by atoms with Crippen LogP contribution in [0.5, 0.6) is 0 Å². The fraction of sp³-hybridized carbons (Fsp3) is 0. The van der Waals surface area contributed by atoms with Gasteiger partial charge in [0.05, 0.1) is 17.6 Å². The molecule has 4 heteroatoms. The summed E-state index contributed by atoms with van der Waals surface area (Å²) >= 11 is 8.23. The SMILES string of the molecule is Clc1ccc(-n2cccc2C=Nc2ccccc2I)cc1.